The van der Waals surface area contributed by atoms with Gasteiger partial charge in [0.1, 0.15) is 0 Å². The summed E-state index contributed by atoms with van der Waals surface area (Å²) in [6.07, 6.45) is 8.41. The monoisotopic (exact) mass is 239 g/mol. The first-order valence-electron chi connectivity index (χ1n) is 7.59. The molecule has 1 aliphatic carbocycles. The van der Waals surface area contributed by atoms with Crippen LogP contribution in [0.5, 0.6) is 0 Å². The van der Waals surface area contributed by atoms with E-state index in [9.17, 15) is 5.11 Å². The molecule has 100 valence electrons. The van der Waals surface area contributed by atoms with Gasteiger partial charge in [0.05, 0.1) is 5.60 Å². The molecule has 3 unspecified atom stereocenters. The molecule has 0 spiro atoms. The maximum atomic E-state index is 11.0. The first kappa shape index (κ1) is 13.4. The van der Waals surface area contributed by atoms with Crippen molar-refractivity contribution in [2.24, 2.45) is 11.8 Å². The van der Waals surface area contributed by atoms with Crippen molar-refractivity contribution in [3.05, 3.63) is 0 Å². The Labute approximate surface area is 106 Å². The number of rotatable bonds is 2. The van der Waals surface area contributed by atoms with E-state index in [-0.39, 0.29) is 5.60 Å². The standard InChI is InChI=1S/C15H29NO/c1-3-16-10-5-8-15(17,9-11-16)14-7-4-6-13(2)12-14/h13-14,17H,3-12H2,1-2H3. The SMILES string of the molecule is CCN1CCCC(O)(C2CCCC(C)C2)CC1. The van der Waals surface area contributed by atoms with Crippen molar-refractivity contribution in [3.8, 4) is 0 Å². The van der Waals surface area contributed by atoms with Crippen LogP contribution < -0.4 is 0 Å². The fourth-order valence-corrected chi connectivity index (χ4v) is 3.84. The van der Waals surface area contributed by atoms with Crippen LogP contribution in [-0.2, 0) is 0 Å². The highest BCUT2D eigenvalue weighted by molar-refractivity contribution is 4.92. The van der Waals surface area contributed by atoms with E-state index >= 15 is 0 Å². The Morgan fingerprint density at radius 2 is 2.00 bits per heavy atom. The Morgan fingerprint density at radius 1 is 1.18 bits per heavy atom. The van der Waals surface area contributed by atoms with Crippen molar-refractivity contribution < 1.29 is 5.11 Å². The molecule has 1 saturated heterocycles. The number of likely N-dealkylation sites (tertiary alicyclic amines) is 1. The third kappa shape index (κ3) is 3.23. The molecular weight excluding hydrogens is 210 g/mol. The van der Waals surface area contributed by atoms with Crippen molar-refractivity contribution in [2.75, 3.05) is 19.6 Å². The van der Waals surface area contributed by atoms with Crippen LogP contribution in [0, 0.1) is 11.8 Å². The van der Waals surface area contributed by atoms with Gasteiger partial charge in [0, 0.05) is 6.54 Å². The largest absolute Gasteiger partial charge is 0.390 e. The number of hydrogen-bond acceptors (Lipinski definition) is 2. The van der Waals surface area contributed by atoms with Gasteiger partial charge in [-0.25, -0.2) is 0 Å². The zero-order valence-corrected chi connectivity index (χ0v) is 11.6. The molecule has 2 nitrogen and oxygen atoms in total. The molecule has 0 amide bonds. The second kappa shape index (κ2) is 5.71. The Balaban J connectivity index is 1.97. The number of aliphatic hydroxyl groups is 1. The van der Waals surface area contributed by atoms with E-state index in [0.29, 0.717) is 5.92 Å². The Hall–Kier alpha value is -0.0800. The molecule has 2 rings (SSSR count). The van der Waals surface area contributed by atoms with Gasteiger partial charge in [0.25, 0.3) is 0 Å². The van der Waals surface area contributed by atoms with Crippen LogP contribution in [0.3, 0.4) is 0 Å². The van der Waals surface area contributed by atoms with E-state index < -0.39 is 0 Å². The minimum atomic E-state index is -0.349. The highest BCUT2D eigenvalue weighted by Crippen LogP contribution is 2.40. The summed E-state index contributed by atoms with van der Waals surface area (Å²) in [6.45, 7) is 7.99. The lowest BCUT2D eigenvalue weighted by atomic mass is 9.70. The van der Waals surface area contributed by atoms with Crippen LogP contribution in [0.1, 0.15) is 58.8 Å². The second-order valence-electron chi connectivity index (χ2n) is 6.36. The Morgan fingerprint density at radius 3 is 2.71 bits per heavy atom. The molecule has 2 heteroatoms. The Kier molecular flexibility index (Phi) is 4.48. The smallest absolute Gasteiger partial charge is 0.0688 e. The Bertz CT molecular complexity index is 243. The third-order valence-electron chi connectivity index (χ3n) is 5.09. The van der Waals surface area contributed by atoms with Crippen molar-refractivity contribution >= 4 is 0 Å². The summed E-state index contributed by atoms with van der Waals surface area (Å²) in [4.78, 5) is 2.49. The van der Waals surface area contributed by atoms with Gasteiger partial charge in [-0.1, -0.05) is 26.7 Å². The average molecular weight is 239 g/mol. The molecule has 1 aliphatic heterocycles. The molecule has 1 heterocycles. The molecule has 0 aromatic rings. The summed E-state index contributed by atoms with van der Waals surface area (Å²) in [5, 5.41) is 11.0. The highest BCUT2D eigenvalue weighted by atomic mass is 16.3. The lowest BCUT2D eigenvalue weighted by Gasteiger charge is -2.40. The topological polar surface area (TPSA) is 23.5 Å². The maximum absolute atomic E-state index is 11.0. The molecule has 1 saturated carbocycles. The first-order valence-corrected chi connectivity index (χ1v) is 7.59. The molecule has 2 aliphatic rings. The summed E-state index contributed by atoms with van der Waals surface area (Å²) in [5.74, 6) is 1.39. The van der Waals surface area contributed by atoms with Crippen LogP contribution in [0.2, 0.25) is 0 Å². The summed E-state index contributed by atoms with van der Waals surface area (Å²) in [6, 6.07) is 0. The van der Waals surface area contributed by atoms with Crippen LogP contribution in [0.25, 0.3) is 0 Å². The zero-order valence-electron chi connectivity index (χ0n) is 11.6. The van der Waals surface area contributed by atoms with E-state index in [1.165, 1.54) is 38.6 Å². The first-order chi connectivity index (χ1) is 8.14. The molecule has 2 fully saturated rings. The summed E-state index contributed by atoms with van der Waals surface area (Å²) >= 11 is 0. The average Bonchev–Trinajstić information content (AvgIpc) is 2.52. The fourth-order valence-electron chi connectivity index (χ4n) is 3.84. The van der Waals surface area contributed by atoms with Crippen LogP contribution in [0.15, 0.2) is 0 Å². The summed E-state index contributed by atoms with van der Waals surface area (Å²) < 4.78 is 0. The summed E-state index contributed by atoms with van der Waals surface area (Å²) in [5.41, 5.74) is -0.349. The normalized spacial score (nSPS) is 41.1. The van der Waals surface area contributed by atoms with E-state index in [1.54, 1.807) is 0 Å². The van der Waals surface area contributed by atoms with E-state index in [2.05, 4.69) is 18.7 Å². The third-order valence-corrected chi connectivity index (χ3v) is 5.09. The molecule has 0 aromatic carbocycles. The fraction of sp³-hybridized carbons (Fsp3) is 1.00. The van der Waals surface area contributed by atoms with E-state index in [1.807, 2.05) is 0 Å². The van der Waals surface area contributed by atoms with Crippen molar-refractivity contribution in [1.82, 2.24) is 4.90 Å². The van der Waals surface area contributed by atoms with Crippen molar-refractivity contribution in [1.29, 1.82) is 0 Å². The predicted molar refractivity (Wildman–Crippen MR) is 72.0 cm³/mol. The zero-order chi connectivity index (χ0) is 12.3. The van der Waals surface area contributed by atoms with Gasteiger partial charge in [-0.3, -0.25) is 0 Å². The van der Waals surface area contributed by atoms with Gasteiger partial charge in [0.15, 0.2) is 0 Å². The molecule has 0 aromatic heterocycles. The summed E-state index contributed by atoms with van der Waals surface area (Å²) in [7, 11) is 0. The molecule has 0 bridgehead atoms. The number of nitrogens with zero attached hydrogens (tertiary/aromatic N) is 1. The minimum absolute atomic E-state index is 0.349. The molecule has 3 atom stereocenters. The lowest BCUT2D eigenvalue weighted by Crippen LogP contribution is -2.41. The van der Waals surface area contributed by atoms with Crippen LogP contribution >= 0.6 is 0 Å². The van der Waals surface area contributed by atoms with Gasteiger partial charge in [-0.2, -0.15) is 0 Å². The number of hydrogen-bond donors (Lipinski definition) is 1. The van der Waals surface area contributed by atoms with Crippen LogP contribution in [-0.4, -0.2) is 35.2 Å². The predicted octanol–water partition coefficient (Wildman–Crippen LogP) is 3.05. The lowest BCUT2D eigenvalue weighted by molar-refractivity contribution is -0.0510. The maximum Gasteiger partial charge on any atom is 0.0688 e. The van der Waals surface area contributed by atoms with Gasteiger partial charge >= 0.3 is 0 Å². The van der Waals surface area contributed by atoms with E-state index in [0.717, 1.165) is 31.8 Å². The molecular formula is C15H29NO. The van der Waals surface area contributed by atoms with Gasteiger partial charge < -0.3 is 10.0 Å². The quantitative estimate of drug-likeness (QED) is 0.800. The van der Waals surface area contributed by atoms with Crippen molar-refractivity contribution in [2.45, 2.75) is 64.4 Å². The molecule has 0 radical (unpaired) electrons. The van der Waals surface area contributed by atoms with Gasteiger partial charge in [0.2, 0.25) is 0 Å². The molecule has 1 N–H and O–H groups in total. The van der Waals surface area contributed by atoms with Crippen molar-refractivity contribution in [3.63, 3.8) is 0 Å². The van der Waals surface area contributed by atoms with Crippen LogP contribution in [0.4, 0.5) is 0 Å². The van der Waals surface area contributed by atoms with Gasteiger partial charge in [-0.15, -0.1) is 0 Å². The van der Waals surface area contributed by atoms with Gasteiger partial charge in [-0.05, 0) is 57.0 Å². The minimum Gasteiger partial charge on any atom is -0.390 e. The highest BCUT2D eigenvalue weighted by Gasteiger charge is 2.39. The molecule has 17 heavy (non-hydrogen) atoms. The van der Waals surface area contributed by atoms with E-state index in [4.69, 9.17) is 0 Å². The second-order valence-corrected chi connectivity index (χ2v) is 6.36.